The number of hydrogen-bond acceptors (Lipinski definition) is 4. The molecule has 0 saturated carbocycles. The molecule has 0 saturated heterocycles. The van der Waals surface area contributed by atoms with Crippen molar-refractivity contribution in [3.8, 4) is 5.88 Å². The van der Waals surface area contributed by atoms with Crippen molar-refractivity contribution in [3.63, 3.8) is 0 Å². The van der Waals surface area contributed by atoms with Crippen molar-refractivity contribution >= 4 is 28.2 Å². The third-order valence-electron chi connectivity index (χ3n) is 4.29. The standard InChI is InChI=1S/C20H22N4O2/c1-12(2)13-8-9-17-16(11-13)18(20(26)21-17)22-23-19(25)14-6-5-7-15(10-14)24(3)4/h5-12,21,26H,1-4H3. The largest absolute Gasteiger partial charge is 0.493 e. The predicted molar refractivity (Wildman–Crippen MR) is 104 cm³/mol. The quantitative estimate of drug-likeness (QED) is 0.651. The highest BCUT2D eigenvalue weighted by atomic mass is 16.3. The van der Waals surface area contributed by atoms with Crippen molar-refractivity contribution in [1.82, 2.24) is 4.98 Å². The molecule has 6 heteroatoms. The van der Waals surface area contributed by atoms with Crippen LogP contribution in [0.3, 0.4) is 0 Å². The zero-order valence-electron chi connectivity index (χ0n) is 15.3. The molecule has 0 bridgehead atoms. The summed E-state index contributed by atoms with van der Waals surface area (Å²) in [5.74, 6) is -0.210. The Morgan fingerprint density at radius 1 is 1.15 bits per heavy atom. The minimum atomic E-state index is -0.456. The van der Waals surface area contributed by atoms with Gasteiger partial charge in [-0.3, -0.25) is 4.79 Å². The first-order valence-corrected chi connectivity index (χ1v) is 8.45. The van der Waals surface area contributed by atoms with Crippen LogP contribution in [0.1, 0.15) is 35.7 Å². The number of carbonyl (C=O) groups is 1. The number of azo groups is 1. The molecule has 26 heavy (non-hydrogen) atoms. The number of aromatic amines is 1. The molecular formula is C20H22N4O2. The number of nitrogens with zero attached hydrogens (tertiary/aromatic N) is 3. The van der Waals surface area contributed by atoms with Crippen LogP contribution in [-0.4, -0.2) is 30.1 Å². The first-order valence-electron chi connectivity index (χ1n) is 8.45. The lowest BCUT2D eigenvalue weighted by Crippen LogP contribution is -2.09. The summed E-state index contributed by atoms with van der Waals surface area (Å²) >= 11 is 0. The SMILES string of the molecule is CC(C)c1ccc2[nH]c(O)c(N=NC(=O)c3cccc(N(C)C)c3)c2c1. The van der Waals surface area contributed by atoms with Gasteiger partial charge in [0.2, 0.25) is 5.88 Å². The fourth-order valence-corrected chi connectivity index (χ4v) is 2.71. The molecule has 3 aromatic rings. The Morgan fingerprint density at radius 2 is 1.92 bits per heavy atom. The second-order valence-corrected chi connectivity index (χ2v) is 6.73. The summed E-state index contributed by atoms with van der Waals surface area (Å²) in [4.78, 5) is 17.1. The second-order valence-electron chi connectivity index (χ2n) is 6.73. The summed E-state index contributed by atoms with van der Waals surface area (Å²) in [5.41, 5.74) is 3.50. The minimum absolute atomic E-state index is 0.0977. The van der Waals surface area contributed by atoms with E-state index in [2.05, 4.69) is 29.1 Å². The molecule has 0 aliphatic heterocycles. The van der Waals surface area contributed by atoms with E-state index >= 15 is 0 Å². The number of aromatic hydroxyl groups is 1. The van der Waals surface area contributed by atoms with E-state index in [0.717, 1.165) is 22.2 Å². The molecule has 2 aromatic carbocycles. The Kier molecular flexibility index (Phi) is 4.75. The van der Waals surface area contributed by atoms with Crippen LogP contribution in [0, 0.1) is 0 Å². The normalized spacial score (nSPS) is 11.6. The van der Waals surface area contributed by atoms with Crippen LogP contribution < -0.4 is 4.90 Å². The lowest BCUT2D eigenvalue weighted by molar-refractivity contribution is 0.0995. The highest BCUT2D eigenvalue weighted by Gasteiger charge is 2.13. The molecule has 0 spiro atoms. The van der Waals surface area contributed by atoms with Gasteiger partial charge in [0, 0.05) is 30.7 Å². The number of amides is 1. The van der Waals surface area contributed by atoms with Gasteiger partial charge in [0.25, 0.3) is 5.91 Å². The van der Waals surface area contributed by atoms with Gasteiger partial charge >= 0.3 is 0 Å². The van der Waals surface area contributed by atoms with Gasteiger partial charge < -0.3 is 15.0 Å². The van der Waals surface area contributed by atoms with Gasteiger partial charge in [-0.05, 0) is 41.8 Å². The molecule has 134 valence electrons. The average molecular weight is 350 g/mol. The molecule has 3 rings (SSSR count). The molecule has 1 heterocycles. The lowest BCUT2D eigenvalue weighted by Gasteiger charge is -2.12. The molecule has 6 nitrogen and oxygen atoms in total. The van der Waals surface area contributed by atoms with Crippen LogP contribution in [0.4, 0.5) is 11.4 Å². The van der Waals surface area contributed by atoms with Crippen molar-refractivity contribution in [2.75, 3.05) is 19.0 Å². The topological polar surface area (TPSA) is 81.0 Å². The maximum absolute atomic E-state index is 12.4. The van der Waals surface area contributed by atoms with Crippen LogP contribution in [0.5, 0.6) is 5.88 Å². The van der Waals surface area contributed by atoms with Crippen molar-refractivity contribution in [2.45, 2.75) is 19.8 Å². The summed E-state index contributed by atoms with van der Waals surface area (Å²) in [7, 11) is 3.81. The Balaban J connectivity index is 1.95. The summed E-state index contributed by atoms with van der Waals surface area (Å²) in [5, 5.41) is 18.7. The Morgan fingerprint density at radius 3 is 2.62 bits per heavy atom. The number of aromatic nitrogens is 1. The maximum atomic E-state index is 12.4. The third kappa shape index (κ3) is 3.44. The molecule has 1 aromatic heterocycles. The number of hydrogen-bond donors (Lipinski definition) is 2. The van der Waals surface area contributed by atoms with Gasteiger partial charge in [-0.15, -0.1) is 10.2 Å². The molecular weight excluding hydrogens is 328 g/mol. The van der Waals surface area contributed by atoms with Crippen LogP contribution in [0.15, 0.2) is 52.7 Å². The number of anilines is 1. The molecule has 0 aliphatic rings. The zero-order valence-corrected chi connectivity index (χ0v) is 15.3. The van der Waals surface area contributed by atoms with Crippen molar-refractivity contribution in [1.29, 1.82) is 0 Å². The molecule has 0 fully saturated rings. The van der Waals surface area contributed by atoms with Crippen LogP contribution in [0.2, 0.25) is 0 Å². The number of carbonyl (C=O) groups excluding carboxylic acids is 1. The first kappa shape index (κ1) is 17.7. The highest BCUT2D eigenvalue weighted by Crippen LogP contribution is 2.37. The van der Waals surface area contributed by atoms with E-state index in [0.29, 0.717) is 11.5 Å². The van der Waals surface area contributed by atoms with E-state index in [1.165, 1.54) is 0 Å². The molecule has 0 aliphatic carbocycles. The zero-order chi connectivity index (χ0) is 18.8. The maximum Gasteiger partial charge on any atom is 0.295 e. The smallest absolute Gasteiger partial charge is 0.295 e. The lowest BCUT2D eigenvalue weighted by atomic mass is 10.0. The van der Waals surface area contributed by atoms with Gasteiger partial charge in [0.15, 0.2) is 5.69 Å². The molecule has 0 atom stereocenters. The fourth-order valence-electron chi connectivity index (χ4n) is 2.71. The minimum Gasteiger partial charge on any atom is -0.493 e. The van der Waals surface area contributed by atoms with Crippen LogP contribution in [-0.2, 0) is 0 Å². The number of fused-ring (bicyclic) bond motifs is 1. The molecule has 0 radical (unpaired) electrons. The van der Waals surface area contributed by atoms with E-state index in [9.17, 15) is 9.90 Å². The van der Waals surface area contributed by atoms with E-state index in [1.54, 1.807) is 18.2 Å². The van der Waals surface area contributed by atoms with E-state index in [-0.39, 0.29) is 11.6 Å². The third-order valence-corrected chi connectivity index (χ3v) is 4.29. The van der Waals surface area contributed by atoms with E-state index in [4.69, 9.17) is 0 Å². The Labute approximate surface area is 152 Å². The van der Waals surface area contributed by atoms with E-state index in [1.807, 2.05) is 43.3 Å². The van der Waals surface area contributed by atoms with Gasteiger partial charge in [-0.2, -0.15) is 0 Å². The summed E-state index contributed by atoms with van der Waals surface area (Å²) < 4.78 is 0. The summed E-state index contributed by atoms with van der Waals surface area (Å²) in [6, 6.07) is 13.0. The van der Waals surface area contributed by atoms with Crippen molar-refractivity contribution < 1.29 is 9.90 Å². The van der Waals surface area contributed by atoms with Gasteiger partial charge in [-0.25, -0.2) is 0 Å². The molecule has 0 unspecified atom stereocenters. The van der Waals surface area contributed by atoms with Crippen molar-refractivity contribution in [2.24, 2.45) is 10.2 Å². The number of H-pyrrole nitrogens is 1. The number of nitrogens with one attached hydrogen (secondary N) is 1. The van der Waals surface area contributed by atoms with Gasteiger partial charge in [0.05, 0.1) is 5.52 Å². The number of benzene rings is 2. The van der Waals surface area contributed by atoms with E-state index < -0.39 is 5.91 Å². The highest BCUT2D eigenvalue weighted by molar-refractivity contribution is 5.97. The summed E-state index contributed by atoms with van der Waals surface area (Å²) in [6.07, 6.45) is 0. The Hall–Kier alpha value is -3.15. The number of rotatable bonds is 4. The average Bonchev–Trinajstić information content (AvgIpc) is 2.94. The first-order chi connectivity index (χ1) is 12.4. The fraction of sp³-hybridized carbons (Fsp3) is 0.250. The molecule has 1 amide bonds. The summed E-state index contributed by atoms with van der Waals surface area (Å²) in [6.45, 7) is 4.19. The monoisotopic (exact) mass is 350 g/mol. The van der Waals surface area contributed by atoms with Crippen molar-refractivity contribution in [3.05, 3.63) is 53.6 Å². The predicted octanol–water partition coefficient (Wildman–Crippen LogP) is 4.99. The molecule has 2 N–H and O–H groups in total. The van der Waals surface area contributed by atoms with Crippen LogP contribution >= 0.6 is 0 Å². The van der Waals surface area contributed by atoms with Gasteiger partial charge in [-0.1, -0.05) is 26.0 Å². The second kappa shape index (κ2) is 7.00. The van der Waals surface area contributed by atoms with Gasteiger partial charge in [0.1, 0.15) is 0 Å². The van der Waals surface area contributed by atoms with Crippen LogP contribution in [0.25, 0.3) is 10.9 Å². The Bertz CT molecular complexity index is 987.